The van der Waals surface area contributed by atoms with E-state index < -0.39 is 0 Å². The normalized spacial score (nSPS) is 40.3. The monoisotopic (exact) mass is 225 g/mol. The van der Waals surface area contributed by atoms with Gasteiger partial charge in [0.25, 0.3) is 0 Å². The fraction of sp³-hybridized carbons (Fsp3) is 1.00. The van der Waals surface area contributed by atoms with Crippen molar-refractivity contribution in [1.82, 2.24) is 0 Å². The van der Waals surface area contributed by atoms with Crippen LogP contribution in [0.15, 0.2) is 0 Å². The van der Waals surface area contributed by atoms with Crippen LogP contribution < -0.4 is 5.73 Å². The van der Waals surface area contributed by atoms with Crippen molar-refractivity contribution in [3.8, 4) is 0 Å². The van der Waals surface area contributed by atoms with Gasteiger partial charge >= 0.3 is 0 Å². The number of hydrogen-bond donors (Lipinski definition) is 1. The van der Waals surface area contributed by atoms with E-state index >= 15 is 0 Å². The Labute approximate surface area is 99.9 Å². The van der Waals surface area contributed by atoms with E-state index in [0.29, 0.717) is 11.3 Å². The van der Waals surface area contributed by atoms with E-state index in [4.69, 9.17) is 10.5 Å². The van der Waals surface area contributed by atoms with Crippen LogP contribution in [-0.2, 0) is 4.74 Å². The molecular formula is C14H27NO. The Morgan fingerprint density at radius 2 is 1.88 bits per heavy atom. The maximum Gasteiger partial charge on any atom is 0.0511 e. The number of ether oxygens (including phenoxy) is 1. The molecule has 1 saturated heterocycles. The van der Waals surface area contributed by atoms with Crippen molar-refractivity contribution in [2.24, 2.45) is 17.1 Å². The molecule has 0 aromatic rings. The van der Waals surface area contributed by atoms with Crippen LogP contribution in [0.4, 0.5) is 0 Å². The zero-order valence-corrected chi connectivity index (χ0v) is 10.9. The minimum Gasteiger partial charge on any atom is -0.381 e. The summed E-state index contributed by atoms with van der Waals surface area (Å²) in [7, 11) is 0. The Kier molecular flexibility index (Phi) is 3.60. The van der Waals surface area contributed by atoms with E-state index in [1.165, 1.54) is 44.9 Å². The highest BCUT2D eigenvalue weighted by atomic mass is 16.5. The average Bonchev–Trinajstić information content (AvgIpc) is 2.41. The Balaban J connectivity index is 2.00. The first-order valence-electron chi connectivity index (χ1n) is 6.89. The Hall–Kier alpha value is -0.0800. The molecule has 2 N–H and O–H groups in total. The van der Waals surface area contributed by atoms with Crippen molar-refractivity contribution in [3.63, 3.8) is 0 Å². The highest BCUT2D eigenvalue weighted by Gasteiger charge is 2.39. The Morgan fingerprint density at radius 1 is 1.06 bits per heavy atom. The molecule has 1 aliphatic carbocycles. The second kappa shape index (κ2) is 4.66. The molecule has 2 nitrogen and oxygen atoms in total. The van der Waals surface area contributed by atoms with E-state index in [1.807, 2.05) is 0 Å². The van der Waals surface area contributed by atoms with Gasteiger partial charge in [0.1, 0.15) is 0 Å². The molecule has 2 heteroatoms. The Morgan fingerprint density at radius 3 is 2.56 bits per heavy atom. The van der Waals surface area contributed by atoms with Gasteiger partial charge in [0.15, 0.2) is 0 Å². The molecule has 1 saturated carbocycles. The van der Waals surface area contributed by atoms with Gasteiger partial charge in [-0.2, -0.15) is 0 Å². The molecule has 1 aliphatic heterocycles. The summed E-state index contributed by atoms with van der Waals surface area (Å²) in [4.78, 5) is 0. The molecule has 1 heterocycles. The summed E-state index contributed by atoms with van der Waals surface area (Å²) in [6.07, 6.45) is 8.77. The van der Waals surface area contributed by atoms with Crippen LogP contribution in [0.1, 0.15) is 58.8 Å². The molecule has 0 bridgehead atoms. The maximum atomic E-state index is 6.67. The molecule has 0 aromatic carbocycles. The molecule has 2 atom stereocenters. The zero-order chi connectivity index (χ0) is 11.6. The molecule has 2 aliphatic rings. The van der Waals surface area contributed by atoms with Crippen LogP contribution in [0.5, 0.6) is 0 Å². The maximum absolute atomic E-state index is 6.67. The smallest absolute Gasteiger partial charge is 0.0511 e. The van der Waals surface area contributed by atoms with E-state index in [0.717, 1.165) is 13.2 Å². The Bertz CT molecular complexity index is 233. The predicted molar refractivity (Wildman–Crippen MR) is 67.3 cm³/mol. The first kappa shape index (κ1) is 12.4. The van der Waals surface area contributed by atoms with Gasteiger partial charge in [-0.25, -0.2) is 0 Å². The van der Waals surface area contributed by atoms with Crippen molar-refractivity contribution < 1.29 is 4.74 Å². The molecule has 2 fully saturated rings. The highest BCUT2D eigenvalue weighted by molar-refractivity contribution is 4.95. The summed E-state index contributed by atoms with van der Waals surface area (Å²) < 4.78 is 5.61. The molecule has 2 rings (SSSR count). The summed E-state index contributed by atoms with van der Waals surface area (Å²) in [5.74, 6) is 0.607. The highest BCUT2D eigenvalue weighted by Crippen LogP contribution is 2.41. The van der Waals surface area contributed by atoms with Crippen LogP contribution in [0, 0.1) is 11.3 Å². The second-order valence-corrected chi connectivity index (χ2v) is 6.66. The molecule has 0 aromatic heterocycles. The number of rotatable bonds is 1. The standard InChI is InChI=1S/C14H27NO/c1-13(2)6-4-7-14(15,9-8-13)12-5-3-10-16-11-12/h12H,3-11,15H2,1-2H3. The summed E-state index contributed by atoms with van der Waals surface area (Å²) in [5, 5.41) is 0. The van der Waals surface area contributed by atoms with E-state index in [1.54, 1.807) is 0 Å². The van der Waals surface area contributed by atoms with Gasteiger partial charge in [0.2, 0.25) is 0 Å². The summed E-state index contributed by atoms with van der Waals surface area (Å²) in [5.41, 5.74) is 7.24. The van der Waals surface area contributed by atoms with Gasteiger partial charge in [-0.1, -0.05) is 20.3 Å². The van der Waals surface area contributed by atoms with Gasteiger partial charge < -0.3 is 10.5 Å². The first-order valence-corrected chi connectivity index (χ1v) is 6.89. The summed E-state index contributed by atoms with van der Waals surface area (Å²) in [6, 6.07) is 0. The largest absolute Gasteiger partial charge is 0.381 e. The molecule has 16 heavy (non-hydrogen) atoms. The SMILES string of the molecule is CC1(C)CCCC(N)(C2CCCOC2)CC1. The minimum atomic E-state index is 0.0637. The number of nitrogens with two attached hydrogens (primary N) is 1. The van der Waals surface area contributed by atoms with Crippen molar-refractivity contribution in [2.45, 2.75) is 64.3 Å². The van der Waals surface area contributed by atoms with Gasteiger partial charge in [0, 0.05) is 18.1 Å². The fourth-order valence-corrected chi connectivity index (χ4v) is 3.32. The lowest BCUT2D eigenvalue weighted by Crippen LogP contribution is -2.50. The fourth-order valence-electron chi connectivity index (χ4n) is 3.32. The van der Waals surface area contributed by atoms with Gasteiger partial charge in [-0.3, -0.25) is 0 Å². The lowest BCUT2D eigenvalue weighted by molar-refractivity contribution is 0.0161. The molecule has 0 amide bonds. The lowest BCUT2D eigenvalue weighted by Gasteiger charge is -2.39. The summed E-state index contributed by atoms with van der Waals surface area (Å²) >= 11 is 0. The second-order valence-electron chi connectivity index (χ2n) is 6.66. The molecular weight excluding hydrogens is 198 g/mol. The predicted octanol–water partition coefficient (Wildman–Crippen LogP) is 3.10. The van der Waals surface area contributed by atoms with Crippen LogP contribution in [-0.4, -0.2) is 18.8 Å². The van der Waals surface area contributed by atoms with E-state index in [9.17, 15) is 0 Å². The van der Waals surface area contributed by atoms with Gasteiger partial charge in [-0.15, -0.1) is 0 Å². The molecule has 94 valence electrons. The van der Waals surface area contributed by atoms with Gasteiger partial charge in [0.05, 0.1) is 6.61 Å². The van der Waals surface area contributed by atoms with Gasteiger partial charge in [-0.05, 0) is 43.9 Å². The van der Waals surface area contributed by atoms with Crippen LogP contribution >= 0.6 is 0 Å². The van der Waals surface area contributed by atoms with Crippen LogP contribution in [0.2, 0.25) is 0 Å². The van der Waals surface area contributed by atoms with Crippen LogP contribution in [0.3, 0.4) is 0 Å². The third-order valence-electron chi connectivity index (χ3n) is 4.74. The van der Waals surface area contributed by atoms with Crippen molar-refractivity contribution >= 4 is 0 Å². The molecule has 0 spiro atoms. The van der Waals surface area contributed by atoms with E-state index in [2.05, 4.69) is 13.8 Å². The van der Waals surface area contributed by atoms with Crippen LogP contribution in [0.25, 0.3) is 0 Å². The third-order valence-corrected chi connectivity index (χ3v) is 4.74. The quantitative estimate of drug-likeness (QED) is 0.696. The topological polar surface area (TPSA) is 35.2 Å². The van der Waals surface area contributed by atoms with Crippen molar-refractivity contribution in [3.05, 3.63) is 0 Å². The molecule has 2 unspecified atom stereocenters. The average molecular weight is 225 g/mol. The molecule has 0 radical (unpaired) electrons. The van der Waals surface area contributed by atoms with Crippen molar-refractivity contribution in [2.75, 3.05) is 13.2 Å². The first-order chi connectivity index (χ1) is 7.52. The van der Waals surface area contributed by atoms with E-state index in [-0.39, 0.29) is 5.54 Å². The summed E-state index contributed by atoms with van der Waals surface area (Å²) in [6.45, 7) is 6.61. The number of hydrogen-bond acceptors (Lipinski definition) is 2. The van der Waals surface area contributed by atoms with Crippen molar-refractivity contribution in [1.29, 1.82) is 0 Å². The zero-order valence-electron chi connectivity index (χ0n) is 10.9. The minimum absolute atomic E-state index is 0.0637. The third kappa shape index (κ3) is 2.78. The lowest BCUT2D eigenvalue weighted by atomic mass is 9.75.